The highest BCUT2D eigenvalue weighted by atomic mass is 32.1. The monoisotopic (exact) mass is 387 g/mol. The van der Waals surface area contributed by atoms with Crippen molar-refractivity contribution < 1.29 is 4.79 Å². The quantitative estimate of drug-likeness (QED) is 0.595. The Labute approximate surface area is 159 Å². The Morgan fingerprint density at radius 1 is 1.23 bits per heavy atom. The molecule has 8 heteroatoms. The van der Waals surface area contributed by atoms with Crippen LogP contribution in [0.1, 0.15) is 43.0 Å². The van der Waals surface area contributed by atoms with Gasteiger partial charge in [0.15, 0.2) is 0 Å². The third-order valence-corrected chi connectivity index (χ3v) is 6.54. The molecule has 0 radical (unpaired) electrons. The highest BCUT2D eigenvalue weighted by Gasteiger charge is 2.20. The van der Waals surface area contributed by atoms with Crippen LogP contribution < -0.4 is 16.4 Å². The minimum atomic E-state index is -0.433. The zero-order valence-electron chi connectivity index (χ0n) is 14.5. The van der Waals surface area contributed by atoms with Crippen LogP contribution in [0.3, 0.4) is 0 Å². The SMILES string of the molecule is CC1CCC(Nc2nc(Nc3cc(C(N)=O)cs3)nc3ccsc23)CC1. The summed E-state index contributed by atoms with van der Waals surface area (Å²) in [7, 11) is 0. The van der Waals surface area contributed by atoms with E-state index in [1.807, 2.05) is 11.4 Å². The normalized spacial score (nSPS) is 20.2. The summed E-state index contributed by atoms with van der Waals surface area (Å²) in [5.74, 6) is 1.80. The van der Waals surface area contributed by atoms with Crippen molar-refractivity contribution in [1.82, 2.24) is 9.97 Å². The maximum absolute atomic E-state index is 11.3. The molecule has 1 aliphatic carbocycles. The fourth-order valence-electron chi connectivity index (χ4n) is 3.26. The Morgan fingerprint density at radius 2 is 2.04 bits per heavy atom. The molecule has 136 valence electrons. The van der Waals surface area contributed by atoms with E-state index in [2.05, 4.69) is 22.5 Å². The molecule has 4 N–H and O–H groups in total. The first-order valence-electron chi connectivity index (χ1n) is 8.75. The number of hydrogen-bond acceptors (Lipinski definition) is 7. The smallest absolute Gasteiger partial charge is 0.249 e. The second-order valence-electron chi connectivity index (χ2n) is 6.82. The van der Waals surface area contributed by atoms with Crippen molar-refractivity contribution in [1.29, 1.82) is 0 Å². The van der Waals surface area contributed by atoms with Crippen LogP contribution in [-0.2, 0) is 0 Å². The third kappa shape index (κ3) is 3.66. The molecule has 1 aliphatic rings. The summed E-state index contributed by atoms with van der Waals surface area (Å²) in [5, 5.41) is 11.4. The molecular formula is C18H21N5OS2. The van der Waals surface area contributed by atoms with Gasteiger partial charge in [-0.1, -0.05) is 6.92 Å². The Bertz CT molecular complexity index is 927. The molecule has 3 aromatic heterocycles. The van der Waals surface area contributed by atoms with Crippen molar-refractivity contribution in [2.24, 2.45) is 11.7 Å². The average Bonchev–Trinajstić information content (AvgIpc) is 3.26. The number of hydrogen-bond donors (Lipinski definition) is 3. The van der Waals surface area contributed by atoms with Gasteiger partial charge in [-0.3, -0.25) is 4.79 Å². The number of aromatic nitrogens is 2. The fourth-order valence-corrected chi connectivity index (χ4v) is 4.82. The maximum Gasteiger partial charge on any atom is 0.249 e. The first-order valence-corrected chi connectivity index (χ1v) is 10.5. The molecule has 0 unspecified atom stereocenters. The lowest BCUT2D eigenvalue weighted by molar-refractivity contribution is 0.100. The van der Waals surface area contributed by atoms with Gasteiger partial charge in [0.1, 0.15) is 5.82 Å². The lowest BCUT2D eigenvalue weighted by Gasteiger charge is -2.27. The summed E-state index contributed by atoms with van der Waals surface area (Å²) in [5.41, 5.74) is 6.73. The number of rotatable bonds is 5. The zero-order valence-corrected chi connectivity index (χ0v) is 16.1. The van der Waals surface area contributed by atoms with E-state index in [1.165, 1.54) is 37.0 Å². The number of nitrogens with one attached hydrogen (secondary N) is 2. The maximum atomic E-state index is 11.3. The van der Waals surface area contributed by atoms with Crippen LogP contribution in [0.5, 0.6) is 0 Å². The summed E-state index contributed by atoms with van der Waals surface area (Å²) in [4.78, 5) is 20.6. The van der Waals surface area contributed by atoms with Crippen LogP contribution in [-0.4, -0.2) is 21.9 Å². The molecule has 0 spiro atoms. The molecule has 26 heavy (non-hydrogen) atoms. The minimum Gasteiger partial charge on any atom is -0.366 e. The third-order valence-electron chi connectivity index (χ3n) is 4.78. The van der Waals surface area contributed by atoms with Gasteiger partial charge >= 0.3 is 0 Å². The fraction of sp³-hybridized carbons (Fsp3) is 0.389. The van der Waals surface area contributed by atoms with Crippen LogP contribution in [0.4, 0.5) is 16.8 Å². The van der Waals surface area contributed by atoms with E-state index < -0.39 is 5.91 Å². The molecule has 0 aromatic carbocycles. The number of anilines is 3. The molecule has 6 nitrogen and oxygen atoms in total. The number of primary amides is 1. The molecule has 1 amide bonds. The van der Waals surface area contributed by atoms with E-state index in [4.69, 9.17) is 10.7 Å². The van der Waals surface area contributed by atoms with Gasteiger partial charge in [-0.2, -0.15) is 4.98 Å². The van der Waals surface area contributed by atoms with Gasteiger partial charge in [0.2, 0.25) is 11.9 Å². The van der Waals surface area contributed by atoms with Crippen molar-refractivity contribution >= 4 is 55.6 Å². The highest BCUT2D eigenvalue weighted by Crippen LogP contribution is 2.32. The van der Waals surface area contributed by atoms with Gasteiger partial charge in [-0.15, -0.1) is 22.7 Å². The summed E-state index contributed by atoms with van der Waals surface area (Å²) in [6.07, 6.45) is 4.86. The summed E-state index contributed by atoms with van der Waals surface area (Å²) < 4.78 is 1.08. The topological polar surface area (TPSA) is 92.9 Å². The van der Waals surface area contributed by atoms with Gasteiger partial charge in [0, 0.05) is 11.4 Å². The zero-order chi connectivity index (χ0) is 18.1. The van der Waals surface area contributed by atoms with E-state index in [-0.39, 0.29) is 0 Å². The summed E-state index contributed by atoms with van der Waals surface area (Å²) >= 11 is 3.06. The second-order valence-corrected chi connectivity index (χ2v) is 8.65. The Morgan fingerprint density at radius 3 is 2.77 bits per heavy atom. The molecular weight excluding hydrogens is 366 g/mol. The van der Waals surface area contributed by atoms with Crippen LogP contribution in [0, 0.1) is 5.92 Å². The second kappa shape index (κ2) is 7.20. The van der Waals surface area contributed by atoms with Crippen molar-refractivity contribution in [2.45, 2.75) is 38.6 Å². The first-order chi connectivity index (χ1) is 12.6. The molecule has 4 rings (SSSR count). The van der Waals surface area contributed by atoms with Crippen LogP contribution >= 0.6 is 22.7 Å². The van der Waals surface area contributed by atoms with E-state index >= 15 is 0 Å². The number of fused-ring (bicyclic) bond motifs is 1. The molecule has 0 saturated heterocycles. The van der Waals surface area contributed by atoms with Gasteiger partial charge in [0.05, 0.1) is 20.8 Å². The van der Waals surface area contributed by atoms with Crippen LogP contribution in [0.15, 0.2) is 22.9 Å². The molecule has 0 atom stereocenters. The van der Waals surface area contributed by atoms with Crippen molar-refractivity contribution in [3.63, 3.8) is 0 Å². The summed E-state index contributed by atoms with van der Waals surface area (Å²) in [6, 6.07) is 4.19. The number of nitrogens with two attached hydrogens (primary N) is 1. The largest absolute Gasteiger partial charge is 0.366 e. The lowest BCUT2D eigenvalue weighted by Crippen LogP contribution is -2.25. The van der Waals surface area contributed by atoms with Gasteiger partial charge in [-0.25, -0.2) is 4.98 Å². The first kappa shape index (κ1) is 17.2. The Balaban J connectivity index is 1.58. The summed E-state index contributed by atoms with van der Waals surface area (Å²) in [6.45, 7) is 2.32. The number of carbonyl (C=O) groups is 1. The van der Waals surface area contributed by atoms with Crippen LogP contribution in [0.25, 0.3) is 10.2 Å². The molecule has 0 bridgehead atoms. The molecule has 1 fully saturated rings. The van der Waals surface area contributed by atoms with Crippen molar-refractivity contribution in [3.8, 4) is 0 Å². The van der Waals surface area contributed by atoms with E-state index in [1.54, 1.807) is 22.8 Å². The molecule has 0 aliphatic heterocycles. The predicted molar refractivity (Wildman–Crippen MR) is 109 cm³/mol. The number of carbonyl (C=O) groups excluding carboxylic acids is 1. The molecule has 3 heterocycles. The molecule has 3 aromatic rings. The molecule has 1 saturated carbocycles. The standard InChI is InChI=1S/C18H21N5OS2/c1-10-2-4-12(5-3-10)20-17-15-13(6-7-25-15)21-18(23-17)22-14-8-11(9-26-14)16(19)24/h6-10,12H,2-5H2,1H3,(H2,19,24)(H2,20,21,22,23). The highest BCUT2D eigenvalue weighted by molar-refractivity contribution is 7.17. The van der Waals surface area contributed by atoms with E-state index in [0.717, 1.165) is 27.0 Å². The average molecular weight is 388 g/mol. The number of amides is 1. The number of nitrogens with zero attached hydrogens (tertiary/aromatic N) is 2. The minimum absolute atomic E-state index is 0.433. The van der Waals surface area contributed by atoms with Gasteiger partial charge in [0.25, 0.3) is 0 Å². The lowest BCUT2D eigenvalue weighted by atomic mass is 9.87. The van der Waals surface area contributed by atoms with Crippen LogP contribution in [0.2, 0.25) is 0 Å². The Kier molecular flexibility index (Phi) is 4.78. The van der Waals surface area contributed by atoms with Crippen molar-refractivity contribution in [2.75, 3.05) is 10.6 Å². The van der Waals surface area contributed by atoms with Gasteiger partial charge in [-0.05, 0) is 49.1 Å². The Hall–Kier alpha value is -2.19. The number of thiophene rings is 2. The van der Waals surface area contributed by atoms with E-state index in [9.17, 15) is 4.79 Å². The predicted octanol–water partition coefficient (Wildman–Crippen LogP) is 4.59. The van der Waals surface area contributed by atoms with E-state index in [0.29, 0.717) is 17.6 Å². The van der Waals surface area contributed by atoms with Crippen molar-refractivity contribution in [3.05, 3.63) is 28.5 Å². The van der Waals surface area contributed by atoms with Gasteiger partial charge < -0.3 is 16.4 Å².